The first-order valence-corrected chi connectivity index (χ1v) is 6.86. The third-order valence-electron chi connectivity index (χ3n) is 2.03. The van der Waals surface area contributed by atoms with Gasteiger partial charge in [0.15, 0.2) is 0 Å². The minimum atomic E-state index is -0.163. The summed E-state index contributed by atoms with van der Waals surface area (Å²) in [4.78, 5) is 12.6. The van der Waals surface area contributed by atoms with Crippen LogP contribution in [0.15, 0.2) is 37.6 Å². The predicted molar refractivity (Wildman–Crippen MR) is 73.9 cm³/mol. The van der Waals surface area contributed by atoms with Crippen molar-refractivity contribution in [3.05, 3.63) is 47.9 Å². The van der Waals surface area contributed by atoms with Gasteiger partial charge >= 0.3 is 0 Å². The molecule has 0 saturated heterocycles. The van der Waals surface area contributed by atoms with E-state index in [9.17, 15) is 4.79 Å². The molecule has 0 bridgehead atoms. The summed E-state index contributed by atoms with van der Waals surface area (Å²) in [6, 6.07) is 4.04. The van der Waals surface area contributed by atoms with Crippen molar-refractivity contribution in [2.45, 2.75) is 6.54 Å². The van der Waals surface area contributed by atoms with Crippen molar-refractivity contribution in [3.8, 4) is 0 Å². The highest BCUT2D eigenvalue weighted by Gasteiger charge is 2.04. The monoisotopic (exact) mass is 362 g/mol. The van der Waals surface area contributed by atoms with Crippen LogP contribution < -0.4 is 11.2 Å². The van der Waals surface area contributed by atoms with Crippen LogP contribution in [0.25, 0.3) is 0 Å². The number of rotatable bonds is 2. The van der Waals surface area contributed by atoms with Crippen LogP contribution in [-0.4, -0.2) is 4.57 Å². The number of nitrogens with two attached hydrogens (primary N) is 1. The van der Waals surface area contributed by atoms with Crippen molar-refractivity contribution in [2.75, 3.05) is 5.73 Å². The summed E-state index contributed by atoms with van der Waals surface area (Å²) in [5.74, 6) is 0. The van der Waals surface area contributed by atoms with Crippen molar-refractivity contribution >= 4 is 48.9 Å². The lowest BCUT2D eigenvalue weighted by Crippen LogP contribution is -2.13. The molecule has 0 atom stereocenters. The fourth-order valence-corrected chi connectivity index (χ4v) is 3.31. The van der Waals surface area contributed by atoms with Crippen molar-refractivity contribution in [3.63, 3.8) is 0 Å². The summed E-state index contributed by atoms with van der Waals surface area (Å²) < 4.78 is 3.47. The molecule has 2 aromatic rings. The van der Waals surface area contributed by atoms with Gasteiger partial charge in [0.2, 0.25) is 5.43 Å². The number of hydrogen-bond donors (Lipinski definition) is 1. The van der Waals surface area contributed by atoms with Gasteiger partial charge in [0.1, 0.15) is 0 Å². The molecule has 6 heteroatoms. The maximum Gasteiger partial charge on any atom is 0.218 e. The van der Waals surface area contributed by atoms with Crippen LogP contribution in [0.1, 0.15) is 4.88 Å². The van der Waals surface area contributed by atoms with Gasteiger partial charge in [0, 0.05) is 17.3 Å². The van der Waals surface area contributed by atoms with Gasteiger partial charge in [0.05, 0.1) is 20.5 Å². The highest BCUT2D eigenvalue weighted by Crippen LogP contribution is 2.23. The first kappa shape index (κ1) is 11.9. The fourth-order valence-electron chi connectivity index (χ4n) is 1.32. The van der Waals surface area contributed by atoms with E-state index >= 15 is 0 Å². The SMILES string of the molecule is Nc1cn(Cc2ccc(Br)s2)cc(Br)c1=O. The standard InChI is InChI=1S/C10H8Br2N2OS/c11-7-4-14(5-8(13)10(7)15)3-6-1-2-9(12)16-6/h1-2,4-5H,3,13H2. The molecule has 0 aliphatic rings. The van der Waals surface area contributed by atoms with Crippen LogP contribution >= 0.6 is 43.2 Å². The Morgan fingerprint density at radius 1 is 1.31 bits per heavy atom. The normalized spacial score (nSPS) is 10.6. The summed E-state index contributed by atoms with van der Waals surface area (Å²) in [7, 11) is 0. The number of halogens is 2. The Labute approximate surface area is 113 Å². The summed E-state index contributed by atoms with van der Waals surface area (Å²) in [6.45, 7) is 0.708. The number of anilines is 1. The number of thiophene rings is 1. The number of aromatic nitrogens is 1. The molecule has 2 N–H and O–H groups in total. The molecule has 0 spiro atoms. The molecular formula is C10H8Br2N2OS. The highest BCUT2D eigenvalue weighted by molar-refractivity contribution is 9.11. The molecule has 0 saturated carbocycles. The molecule has 0 aliphatic carbocycles. The van der Waals surface area contributed by atoms with Gasteiger partial charge in [-0.15, -0.1) is 11.3 Å². The molecule has 3 nitrogen and oxygen atoms in total. The van der Waals surface area contributed by atoms with Crippen molar-refractivity contribution in [1.82, 2.24) is 4.57 Å². The van der Waals surface area contributed by atoms with Gasteiger partial charge in [-0.3, -0.25) is 4.79 Å². The Morgan fingerprint density at radius 2 is 2.06 bits per heavy atom. The van der Waals surface area contributed by atoms with Gasteiger partial charge in [-0.25, -0.2) is 0 Å². The molecule has 0 amide bonds. The Morgan fingerprint density at radius 3 is 2.62 bits per heavy atom. The summed E-state index contributed by atoms with van der Waals surface area (Å²) in [5.41, 5.74) is 5.70. The van der Waals surface area contributed by atoms with E-state index in [1.807, 2.05) is 16.7 Å². The second-order valence-corrected chi connectivity index (χ2v) is 6.67. The molecule has 2 rings (SSSR count). The van der Waals surface area contributed by atoms with E-state index in [0.717, 1.165) is 3.79 Å². The second kappa shape index (κ2) is 4.73. The van der Waals surface area contributed by atoms with Crippen LogP contribution in [0, 0.1) is 0 Å². The van der Waals surface area contributed by atoms with Gasteiger partial charge in [0.25, 0.3) is 0 Å². The summed E-state index contributed by atoms with van der Waals surface area (Å²) in [6.07, 6.45) is 3.40. The van der Waals surface area contributed by atoms with Crippen molar-refractivity contribution < 1.29 is 0 Å². The Kier molecular flexibility index (Phi) is 3.51. The number of hydrogen-bond acceptors (Lipinski definition) is 3. The predicted octanol–water partition coefficient (Wildman–Crippen LogP) is 3.07. The maximum absolute atomic E-state index is 11.4. The van der Waals surface area contributed by atoms with E-state index in [1.54, 1.807) is 23.7 Å². The van der Waals surface area contributed by atoms with Crippen molar-refractivity contribution in [2.24, 2.45) is 0 Å². The zero-order valence-corrected chi connectivity index (χ0v) is 12.1. The largest absolute Gasteiger partial charge is 0.394 e. The third-order valence-corrected chi connectivity index (χ3v) is 4.20. The smallest absolute Gasteiger partial charge is 0.218 e. The third kappa shape index (κ3) is 2.56. The van der Waals surface area contributed by atoms with E-state index in [1.165, 1.54) is 4.88 Å². The average Bonchev–Trinajstić information content (AvgIpc) is 2.60. The zero-order valence-electron chi connectivity index (χ0n) is 8.11. The van der Waals surface area contributed by atoms with E-state index in [0.29, 0.717) is 11.0 Å². The van der Waals surface area contributed by atoms with Gasteiger partial charge < -0.3 is 10.3 Å². The molecule has 84 valence electrons. The highest BCUT2D eigenvalue weighted by atomic mass is 79.9. The van der Waals surface area contributed by atoms with E-state index < -0.39 is 0 Å². The van der Waals surface area contributed by atoms with Gasteiger partial charge in [-0.2, -0.15) is 0 Å². The molecular weight excluding hydrogens is 356 g/mol. The van der Waals surface area contributed by atoms with Crippen LogP contribution in [-0.2, 0) is 6.54 Å². The lowest BCUT2D eigenvalue weighted by molar-refractivity contribution is 0.799. The minimum absolute atomic E-state index is 0.163. The molecule has 2 aromatic heterocycles. The maximum atomic E-state index is 11.4. The molecule has 0 unspecified atom stereocenters. The molecule has 0 radical (unpaired) electrons. The quantitative estimate of drug-likeness (QED) is 0.891. The molecule has 0 aliphatic heterocycles. The molecule has 16 heavy (non-hydrogen) atoms. The van der Waals surface area contributed by atoms with Gasteiger partial charge in [-0.1, -0.05) is 0 Å². The fraction of sp³-hybridized carbons (Fsp3) is 0.100. The lowest BCUT2D eigenvalue weighted by atomic mass is 10.4. The van der Waals surface area contributed by atoms with Crippen LogP contribution in [0.3, 0.4) is 0 Å². The van der Waals surface area contributed by atoms with Gasteiger partial charge in [-0.05, 0) is 44.0 Å². The minimum Gasteiger partial charge on any atom is -0.394 e. The van der Waals surface area contributed by atoms with E-state index in [2.05, 4.69) is 31.9 Å². The second-order valence-electron chi connectivity index (χ2n) is 3.27. The van der Waals surface area contributed by atoms with Crippen LogP contribution in [0.2, 0.25) is 0 Å². The summed E-state index contributed by atoms with van der Waals surface area (Å²) in [5, 5.41) is 0. The molecule has 2 heterocycles. The number of pyridine rings is 1. The van der Waals surface area contributed by atoms with Crippen LogP contribution in [0.5, 0.6) is 0 Å². The van der Waals surface area contributed by atoms with Crippen LogP contribution in [0.4, 0.5) is 5.69 Å². The molecule has 0 fully saturated rings. The lowest BCUT2D eigenvalue weighted by Gasteiger charge is -2.06. The number of nitrogens with zero attached hydrogens (tertiary/aromatic N) is 1. The Balaban J connectivity index is 2.32. The number of nitrogen functional groups attached to an aromatic ring is 1. The first-order chi connectivity index (χ1) is 7.56. The van der Waals surface area contributed by atoms with Crippen molar-refractivity contribution in [1.29, 1.82) is 0 Å². The topological polar surface area (TPSA) is 48.0 Å². The Bertz CT molecular complexity index is 550. The Hall–Kier alpha value is -0.590. The first-order valence-electron chi connectivity index (χ1n) is 4.45. The molecule has 0 aromatic carbocycles. The summed E-state index contributed by atoms with van der Waals surface area (Å²) >= 11 is 8.27. The van der Waals surface area contributed by atoms with E-state index in [-0.39, 0.29) is 11.1 Å². The average molecular weight is 364 g/mol. The zero-order chi connectivity index (χ0) is 11.7. The van der Waals surface area contributed by atoms with E-state index in [4.69, 9.17) is 5.73 Å².